The van der Waals surface area contributed by atoms with E-state index in [1.54, 1.807) is 37.5 Å². The van der Waals surface area contributed by atoms with Gasteiger partial charge in [0.05, 0.1) is 23.7 Å². The molecule has 0 bridgehead atoms. The van der Waals surface area contributed by atoms with Gasteiger partial charge in [-0.15, -0.1) is 6.58 Å². The maximum Gasteiger partial charge on any atom is 0.264 e. The second kappa shape index (κ2) is 9.63. The third kappa shape index (κ3) is 4.92. The van der Waals surface area contributed by atoms with Gasteiger partial charge in [0.1, 0.15) is 5.75 Å². The number of rotatable bonds is 9. The van der Waals surface area contributed by atoms with E-state index in [2.05, 4.69) is 6.58 Å². The van der Waals surface area contributed by atoms with E-state index >= 15 is 0 Å². The topological polar surface area (TPSA) is 46.6 Å². The van der Waals surface area contributed by atoms with Crippen LogP contribution in [-0.2, 0) is 16.4 Å². The van der Waals surface area contributed by atoms with Crippen molar-refractivity contribution in [2.45, 2.75) is 30.7 Å². The number of benzene rings is 3. The van der Waals surface area contributed by atoms with Gasteiger partial charge in [-0.3, -0.25) is 4.31 Å². The fraction of sp³-hybridized carbons (Fsp3) is 0.200. The minimum atomic E-state index is -3.80. The number of methoxy groups -OCH3 is 1. The van der Waals surface area contributed by atoms with Crippen molar-refractivity contribution in [2.75, 3.05) is 11.4 Å². The highest BCUT2D eigenvalue weighted by molar-refractivity contribution is 7.92. The second-order valence-corrected chi connectivity index (χ2v) is 8.95. The first kappa shape index (κ1) is 21.7. The molecule has 30 heavy (non-hydrogen) atoms. The van der Waals surface area contributed by atoms with Crippen LogP contribution in [-0.4, -0.2) is 21.6 Å². The lowest BCUT2D eigenvalue weighted by Gasteiger charge is -2.31. The molecule has 3 aromatic carbocycles. The zero-order chi connectivity index (χ0) is 21.6. The third-order valence-electron chi connectivity index (χ3n) is 5.05. The zero-order valence-electron chi connectivity index (χ0n) is 17.4. The Morgan fingerprint density at radius 1 is 0.967 bits per heavy atom. The number of aryl methyl sites for hydroxylation is 2. The van der Waals surface area contributed by atoms with Crippen molar-refractivity contribution in [1.29, 1.82) is 0 Å². The molecular formula is C25H27NO3S. The smallest absolute Gasteiger partial charge is 0.264 e. The lowest BCUT2D eigenvalue weighted by molar-refractivity contribution is 0.414. The van der Waals surface area contributed by atoms with Gasteiger partial charge < -0.3 is 4.74 Å². The maximum absolute atomic E-state index is 13.7. The van der Waals surface area contributed by atoms with Gasteiger partial charge in [-0.2, -0.15) is 0 Å². The van der Waals surface area contributed by atoms with E-state index in [1.807, 2.05) is 61.5 Å². The molecule has 0 saturated carbocycles. The average Bonchev–Trinajstić information content (AvgIpc) is 2.78. The van der Waals surface area contributed by atoms with Crippen molar-refractivity contribution in [3.05, 3.63) is 103 Å². The number of ether oxygens (including phenoxy) is 1. The predicted molar refractivity (Wildman–Crippen MR) is 123 cm³/mol. The van der Waals surface area contributed by atoms with Gasteiger partial charge in [0.2, 0.25) is 0 Å². The van der Waals surface area contributed by atoms with Crippen molar-refractivity contribution in [1.82, 2.24) is 0 Å². The molecule has 4 nitrogen and oxygen atoms in total. The molecular weight excluding hydrogens is 394 g/mol. The summed E-state index contributed by atoms with van der Waals surface area (Å²) in [6.07, 6.45) is 3.08. The minimum Gasteiger partial charge on any atom is -0.497 e. The average molecular weight is 422 g/mol. The lowest BCUT2D eigenvalue weighted by atomic mass is 10.0. The number of sulfonamides is 1. The SMILES string of the molecule is C=CC(CCc1ccccc1)N(c1ccc(C)cc1)S(=O)(=O)c1ccc(OC)cc1. The Kier molecular flexibility index (Phi) is 6.95. The summed E-state index contributed by atoms with van der Waals surface area (Å²) in [4.78, 5) is 0.218. The quantitative estimate of drug-likeness (QED) is 0.436. The molecule has 0 aliphatic heterocycles. The van der Waals surface area contributed by atoms with E-state index in [9.17, 15) is 8.42 Å². The van der Waals surface area contributed by atoms with Crippen LogP contribution in [0.1, 0.15) is 17.5 Å². The van der Waals surface area contributed by atoms with E-state index in [-0.39, 0.29) is 10.9 Å². The minimum absolute atomic E-state index is 0.218. The molecule has 0 radical (unpaired) electrons. The van der Waals surface area contributed by atoms with Crippen molar-refractivity contribution in [2.24, 2.45) is 0 Å². The van der Waals surface area contributed by atoms with Crippen molar-refractivity contribution in [3.8, 4) is 5.75 Å². The molecule has 0 aromatic heterocycles. The molecule has 0 saturated heterocycles. The van der Waals surface area contributed by atoms with Gasteiger partial charge in [-0.05, 0) is 61.7 Å². The first-order valence-electron chi connectivity index (χ1n) is 9.87. The number of nitrogens with zero attached hydrogens (tertiary/aromatic N) is 1. The molecule has 5 heteroatoms. The summed E-state index contributed by atoms with van der Waals surface area (Å²) >= 11 is 0. The summed E-state index contributed by atoms with van der Waals surface area (Å²) in [6.45, 7) is 5.92. The number of anilines is 1. The molecule has 0 fully saturated rings. The van der Waals surface area contributed by atoms with Crippen LogP contribution in [0.2, 0.25) is 0 Å². The van der Waals surface area contributed by atoms with Crippen LogP contribution in [0.3, 0.4) is 0 Å². The van der Waals surface area contributed by atoms with Crippen molar-refractivity contribution < 1.29 is 13.2 Å². The van der Waals surface area contributed by atoms with E-state index in [1.165, 1.54) is 4.31 Å². The largest absolute Gasteiger partial charge is 0.497 e. The third-order valence-corrected chi connectivity index (χ3v) is 6.92. The van der Waals surface area contributed by atoms with Crippen molar-refractivity contribution in [3.63, 3.8) is 0 Å². The van der Waals surface area contributed by atoms with Crippen LogP contribution < -0.4 is 9.04 Å². The summed E-state index contributed by atoms with van der Waals surface area (Å²) in [7, 11) is -2.25. The molecule has 3 aromatic rings. The highest BCUT2D eigenvalue weighted by Gasteiger charge is 2.30. The standard InChI is InChI=1S/C25H27NO3S/c1-4-22(15-12-21-8-6-5-7-9-21)26(23-13-10-20(2)11-14-23)30(27,28)25-18-16-24(29-3)17-19-25/h4-11,13-14,16-19,22H,1,12,15H2,2-3H3. The molecule has 0 spiro atoms. The zero-order valence-corrected chi connectivity index (χ0v) is 18.2. The highest BCUT2D eigenvalue weighted by Crippen LogP contribution is 2.29. The summed E-state index contributed by atoms with van der Waals surface area (Å²) < 4.78 is 34.0. The number of hydrogen-bond acceptors (Lipinski definition) is 3. The molecule has 0 aliphatic rings. The molecule has 0 aliphatic carbocycles. The van der Waals surface area contributed by atoms with E-state index < -0.39 is 10.0 Å². The van der Waals surface area contributed by atoms with Gasteiger partial charge in [0.25, 0.3) is 10.0 Å². The molecule has 1 unspecified atom stereocenters. The van der Waals surface area contributed by atoms with E-state index in [0.29, 0.717) is 17.9 Å². The Balaban J connectivity index is 1.99. The first-order chi connectivity index (χ1) is 14.5. The summed E-state index contributed by atoms with van der Waals surface area (Å²) in [6, 6.07) is 23.7. The number of hydrogen-bond donors (Lipinski definition) is 0. The monoisotopic (exact) mass is 421 g/mol. The van der Waals surface area contributed by atoms with Crippen molar-refractivity contribution >= 4 is 15.7 Å². The van der Waals surface area contributed by atoms with Gasteiger partial charge in [-0.1, -0.05) is 54.1 Å². The van der Waals surface area contributed by atoms with Crippen LogP contribution in [0.15, 0.2) is 96.4 Å². The fourth-order valence-electron chi connectivity index (χ4n) is 3.35. The highest BCUT2D eigenvalue weighted by atomic mass is 32.2. The van der Waals surface area contributed by atoms with Gasteiger partial charge in [0, 0.05) is 0 Å². The molecule has 156 valence electrons. The van der Waals surface area contributed by atoms with Crippen LogP contribution in [0, 0.1) is 6.92 Å². The summed E-state index contributed by atoms with van der Waals surface area (Å²) in [5, 5.41) is 0. The van der Waals surface area contributed by atoms with Crippen LogP contribution in [0.5, 0.6) is 5.75 Å². The normalized spacial score (nSPS) is 12.2. The Hall–Kier alpha value is -3.05. The van der Waals surface area contributed by atoms with Gasteiger partial charge in [-0.25, -0.2) is 8.42 Å². The molecule has 1 atom stereocenters. The molecule has 0 amide bonds. The Morgan fingerprint density at radius 3 is 2.17 bits per heavy atom. The Bertz CT molecular complexity index is 1060. The second-order valence-electron chi connectivity index (χ2n) is 7.14. The summed E-state index contributed by atoms with van der Waals surface area (Å²) in [5.41, 5.74) is 2.85. The predicted octanol–water partition coefficient (Wildman–Crippen LogP) is 5.39. The molecule has 3 rings (SSSR count). The molecule has 0 heterocycles. The fourth-order valence-corrected chi connectivity index (χ4v) is 5.01. The summed E-state index contributed by atoms with van der Waals surface area (Å²) in [5.74, 6) is 0.611. The van der Waals surface area contributed by atoms with Crippen LogP contribution in [0.25, 0.3) is 0 Å². The maximum atomic E-state index is 13.7. The van der Waals surface area contributed by atoms with Crippen LogP contribution in [0.4, 0.5) is 5.69 Å². The van der Waals surface area contributed by atoms with E-state index in [4.69, 9.17) is 4.74 Å². The van der Waals surface area contributed by atoms with Crippen LogP contribution >= 0.6 is 0 Å². The Labute approximate surface area is 179 Å². The molecule has 0 N–H and O–H groups in total. The van der Waals surface area contributed by atoms with Gasteiger partial charge in [0.15, 0.2) is 0 Å². The van der Waals surface area contributed by atoms with E-state index in [0.717, 1.165) is 17.5 Å². The lowest BCUT2D eigenvalue weighted by Crippen LogP contribution is -2.39. The Morgan fingerprint density at radius 2 is 1.60 bits per heavy atom. The van der Waals surface area contributed by atoms with Gasteiger partial charge >= 0.3 is 0 Å². The first-order valence-corrected chi connectivity index (χ1v) is 11.3.